The zero-order valence-corrected chi connectivity index (χ0v) is 13.9. The lowest BCUT2D eigenvalue weighted by Gasteiger charge is -2.19. The lowest BCUT2D eigenvalue weighted by molar-refractivity contribution is 0.128. The Morgan fingerprint density at radius 2 is 2.05 bits per heavy atom. The van der Waals surface area contributed by atoms with Gasteiger partial charge in [-0.2, -0.15) is 0 Å². The minimum atomic E-state index is -3.00. The molecule has 0 aliphatic rings. The van der Waals surface area contributed by atoms with Crippen molar-refractivity contribution in [1.29, 1.82) is 0 Å². The fourth-order valence-corrected chi connectivity index (χ4v) is 2.23. The van der Waals surface area contributed by atoms with Crippen LogP contribution in [-0.2, 0) is 21.2 Å². The van der Waals surface area contributed by atoms with Crippen molar-refractivity contribution < 1.29 is 13.2 Å². The number of rotatable bonds is 9. The Labute approximate surface area is 126 Å². The monoisotopic (exact) mass is 316 g/mol. The van der Waals surface area contributed by atoms with E-state index in [4.69, 9.17) is 4.74 Å². The number of hydrogen-bond donors (Lipinski definition) is 1. The second-order valence-electron chi connectivity index (χ2n) is 4.75. The van der Waals surface area contributed by atoms with Crippen molar-refractivity contribution in [1.82, 2.24) is 9.97 Å². The van der Waals surface area contributed by atoms with E-state index in [9.17, 15) is 8.42 Å². The maximum atomic E-state index is 11.3. The molecule has 0 saturated heterocycles. The average Bonchev–Trinajstić information content (AvgIpc) is 2.42. The van der Waals surface area contributed by atoms with Crippen LogP contribution in [0.2, 0.25) is 0 Å². The van der Waals surface area contributed by atoms with Crippen molar-refractivity contribution in [3.8, 4) is 0 Å². The molecule has 0 aliphatic carbocycles. The third kappa shape index (κ3) is 6.72. The van der Waals surface area contributed by atoms with E-state index in [0.29, 0.717) is 37.2 Å². The van der Waals surface area contributed by atoms with Crippen LogP contribution in [0.25, 0.3) is 0 Å². The van der Waals surface area contributed by atoms with Crippen molar-refractivity contribution in [2.24, 2.45) is 0 Å². The molecule has 0 unspecified atom stereocenters. The lowest BCUT2D eigenvalue weighted by atomic mass is 10.4. The van der Waals surface area contributed by atoms with E-state index in [-0.39, 0.29) is 5.75 Å². The van der Waals surface area contributed by atoms with E-state index in [0.717, 1.165) is 6.54 Å². The molecule has 8 heteroatoms. The Kier molecular flexibility index (Phi) is 6.83. The van der Waals surface area contributed by atoms with Crippen LogP contribution in [-0.4, -0.2) is 57.1 Å². The number of hydrogen-bond acceptors (Lipinski definition) is 7. The molecular weight excluding hydrogens is 292 g/mol. The van der Waals surface area contributed by atoms with E-state index in [1.54, 1.807) is 11.0 Å². The third-order valence-electron chi connectivity index (χ3n) is 2.74. The molecule has 0 aliphatic heterocycles. The largest absolute Gasteiger partial charge is 0.374 e. The second-order valence-corrected chi connectivity index (χ2v) is 7.01. The minimum absolute atomic E-state index is 0.0881. The van der Waals surface area contributed by atoms with Crippen LogP contribution in [0.1, 0.15) is 19.7 Å². The van der Waals surface area contributed by atoms with Gasteiger partial charge >= 0.3 is 0 Å². The molecule has 120 valence electrons. The molecule has 0 saturated carbocycles. The van der Waals surface area contributed by atoms with Gasteiger partial charge in [0.1, 0.15) is 28.1 Å². The molecule has 1 rings (SSSR count). The van der Waals surface area contributed by atoms with Gasteiger partial charge in [0.2, 0.25) is 0 Å². The molecule has 1 heterocycles. The van der Waals surface area contributed by atoms with E-state index >= 15 is 0 Å². The quantitative estimate of drug-likeness (QED) is 0.725. The van der Waals surface area contributed by atoms with E-state index in [2.05, 4.69) is 15.3 Å². The SMILES string of the molecule is CCNc1cc(N(C)CCS(C)(=O)=O)nc(COCC)n1. The predicted molar refractivity (Wildman–Crippen MR) is 84.5 cm³/mol. The first-order chi connectivity index (χ1) is 9.85. The standard InChI is InChI=1S/C13H24N4O3S/c1-5-14-11-9-13(16-12(15-11)10-20-6-2)17(3)7-8-21(4,18)19/h9H,5-8,10H2,1-4H3,(H,14,15,16). The number of anilines is 2. The van der Waals surface area contributed by atoms with Crippen molar-refractivity contribution in [3.63, 3.8) is 0 Å². The van der Waals surface area contributed by atoms with Crippen molar-refractivity contribution in [2.75, 3.05) is 49.0 Å². The molecule has 21 heavy (non-hydrogen) atoms. The van der Waals surface area contributed by atoms with Crippen molar-refractivity contribution >= 4 is 21.5 Å². The summed E-state index contributed by atoms with van der Waals surface area (Å²) < 4.78 is 27.8. The number of nitrogens with zero attached hydrogens (tertiary/aromatic N) is 3. The zero-order valence-electron chi connectivity index (χ0n) is 13.1. The van der Waals surface area contributed by atoms with Gasteiger partial charge in [-0.15, -0.1) is 0 Å². The first kappa shape index (κ1) is 17.6. The van der Waals surface area contributed by atoms with Crippen LogP contribution in [0.15, 0.2) is 6.07 Å². The molecule has 0 amide bonds. The maximum Gasteiger partial charge on any atom is 0.158 e. The van der Waals surface area contributed by atoms with E-state index in [1.165, 1.54) is 6.26 Å². The fourth-order valence-electron chi connectivity index (χ4n) is 1.63. The molecular formula is C13H24N4O3S. The Morgan fingerprint density at radius 3 is 2.62 bits per heavy atom. The first-order valence-corrected chi connectivity index (χ1v) is 9.00. The van der Waals surface area contributed by atoms with Gasteiger partial charge in [-0.05, 0) is 13.8 Å². The molecule has 0 fully saturated rings. The van der Waals surface area contributed by atoms with Crippen LogP contribution in [0.3, 0.4) is 0 Å². The normalized spacial score (nSPS) is 11.4. The summed E-state index contributed by atoms with van der Waals surface area (Å²) in [5.41, 5.74) is 0. The summed E-state index contributed by atoms with van der Waals surface area (Å²) in [7, 11) is -1.18. The van der Waals surface area contributed by atoms with Crippen LogP contribution < -0.4 is 10.2 Å². The minimum Gasteiger partial charge on any atom is -0.374 e. The van der Waals surface area contributed by atoms with Gasteiger partial charge in [-0.3, -0.25) is 0 Å². The fraction of sp³-hybridized carbons (Fsp3) is 0.692. The highest BCUT2D eigenvalue weighted by atomic mass is 32.2. The molecule has 1 N–H and O–H groups in total. The Balaban J connectivity index is 2.89. The van der Waals surface area contributed by atoms with E-state index < -0.39 is 9.84 Å². The Morgan fingerprint density at radius 1 is 1.33 bits per heavy atom. The molecule has 0 aromatic carbocycles. The van der Waals surface area contributed by atoms with E-state index in [1.807, 2.05) is 20.9 Å². The molecule has 0 bridgehead atoms. The van der Waals surface area contributed by atoms with Crippen LogP contribution in [0.4, 0.5) is 11.6 Å². The Hall–Kier alpha value is -1.41. The van der Waals surface area contributed by atoms with Crippen molar-refractivity contribution in [3.05, 3.63) is 11.9 Å². The van der Waals surface area contributed by atoms with Gasteiger partial charge in [0.05, 0.1) is 5.75 Å². The van der Waals surface area contributed by atoms with Crippen LogP contribution >= 0.6 is 0 Å². The first-order valence-electron chi connectivity index (χ1n) is 6.94. The lowest BCUT2D eigenvalue weighted by Crippen LogP contribution is -2.26. The van der Waals surface area contributed by atoms with Gasteiger partial charge in [-0.25, -0.2) is 18.4 Å². The van der Waals surface area contributed by atoms with Gasteiger partial charge in [-0.1, -0.05) is 0 Å². The average molecular weight is 316 g/mol. The summed E-state index contributed by atoms with van der Waals surface area (Å²) >= 11 is 0. The van der Waals surface area contributed by atoms with Gasteiger partial charge in [0, 0.05) is 39.1 Å². The van der Waals surface area contributed by atoms with Gasteiger partial charge in [0.25, 0.3) is 0 Å². The summed E-state index contributed by atoms with van der Waals surface area (Å²) in [6.07, 6.45) is 1.23. The number of nitrogens with one attached hydrogen (secondary N) is 1. The molecule has 0 spiro atoms. The predicted octanol–water partition coefficient (Wildman–Crippen LogP) is 0.926. The van der Waals surface area contributed by atoms with Crippen molar-refractivity contribution in [2.45, 2.75) is 20.5 Å². The topological polar surface area (TPSA) is 84.4 Å². The Bertz CT molecular complexity index is 548. The summed E-state index contributed by atoms with van der Waals surface area (Å²) in [6, 6.07) is 1.81. The van der Waals surface area contributed by atoms with Crippen LogP contribution in [0.5, 0.6) is 0 Å². The highest BCUT2D eigenvalue weighted by Gasteiger charge is 2.11. The van der Waals surface area contributed by atoms with Gasteiger partial charge in [0.15, 0.2) is 5.82 Å². The second kappa shape index (κ2) is 8.14. The summed E-state index contributed by atoms with van der Waals surface area (Å²) in [4.78, 5) is 10.6. The maximum absolute atomic E-state index is 11.3. The highest BCUT2D eigenvalue weighted by molar-refractivity contribution is 7.90. The van der Waals surface area contributed by atoms with Crippen LogP contribution in [0, 0.1) is 0 Å². The molecule has 1 aromatic rings. The molecule has 7 nitrogen and oxygen atoms in total. The number of aromatic nitrogens is 2. The summed E-state index contributed by atoms with van der Waals surface area (Å²) in [5.74, 6) is 2.06. The summed E-state index contributed by atoms with van der Waals surface area (Å²) in [6.45, 7) is 5.95. The third-order valence-corrected chi connectivity index (χ3v) is 3.66. The summed E-state index contributed by atoms with van der Waals surface area (Å²) in [5, 5.41) is 3.14. The number of ether oxygens (including phenoxy) is 1. The number of sulfone groups is 1. The zero-order chi connectivity index (χ0) is 15.9. The molecule has 1 aromatic heterocycles. The smallest absolute Gasteiger partial charge is 0.158 e. The van der Waals surface area contributed by atoms with Gasteiger partial charge < -0.3 is 15.0 Å². The molecule has 0 atom stereocenters. The molecule has 0 radical (unpaired) electrons. The highest BCUT2D eigenvalue weighted by Crippen LogP contribution is 2.15.